The van der Waals surface area contributed by atoms with E-state index in [2.05, 4.69) is 23.2 Å². The second-order valence-corrected chi connectivity index (χ2v) is 5.79. The minimum atomic E-state index is -0.588. The summed E-state index contributed by atoms with van der Waals surface area (Å²) in [5, 5.41) is 12.9. The Morgan fingerprint density at radius 3 is 2.76 bits per heavy atom. The lowest BCUT2D eigenvalue weighted by molar-refractivity contribution is 0.222. The van der Waals surface area contributed by atoms with Crippen LogP contribution in [-0.2, 0) is 0 Å². The van der Waals surface area contributed by atoms with Gasteiger partial charge in [0.05, 0.1) is 0 Å². The average molecular weight is 275 g/mol. The molecule has 0 radical (unpaired) electrons. The fraction of sp³-hybridized carbons (Fsp3) is 0.211. The molecule has 1 unspecified atom stereocenters. The quantitative estimate of drug-likeness (QED) is 0.777. The van der Waals surface area contributed by atoms with E-state index in [0.717, 1.165) is 21.9 Å². The van der Waals surface area contributed by atoms with E-state index in [-0.39, 0.29) is 0 Å². The van der Waals surface area contributed by atoms with Crippen molar-refractivity contribution in [2.45, 2.75) is 24.9 Å². The minimum absolute atomic E-state index is 0.588. The lowest BCUT2D eigenvalue weighted by atomic mass is 9.95. The molecular formula is C19H17NO. The first-order chi connectivity index (χ1) is 10.3. The Kier molecular flexibility index (Phi) is 2.97. The standard InChI is InChI=1S/C19H17NO/c21-19(15-4-1-3-14(11-15)13-7-8-13)18-6-2-5-16-12-20-10-9-17(16)18/h1-6,9-13,19,21H,7-8H2. The van der Waals surface area contributed by atoms with E-state index in [0.29, 0.717) is 5.92 Å². The molecule has 1 fully saturated rings. The molecule has 0 saturated heterocycles. The van der Waals surface area contributed by atoms with Crippen LogP contribution in [0, 0.1) is 0 Å². The molecule has 1 aliphatic carbocycles. The van der Waals surface area contributed by atoms with Crippen molar-refractivity contribution in [3.63, 3.8) is 0 Å². The zero-order valence-electron chi connectivity index (χ0n) is 11.7. The van der Waals surface area contributed by atoms with Crippen molar-refractivity contribution < 1.29 is 5.11 Å². The first-order valence-corrected chi connectivity index (χ1v) is 7.43. The largest absolute Gasteiger partial charge is 0.384 e. The van der Waals surface area contributed by atoms with Gasteiger partial charge in [-0.25, -0.2) is 0 Å². The third-order valence-electron chi connectivity index (χ3n) is 4.28. The van der Waals surface area contributed by atoms with Gasteiger partial charge in [0.2, 0.25) is 0 Å². The maximum atomic E-state index is 10.8. The van der Waals surface area contributed by atoms with Gasteiger partial charge in [0.15, 0.2) is 0 Å². The molecule has 21 heavy (non-hydrogen) atoms. The van der Waals surface area contributed by atoms with Gasteiger partial charge in [0, 0.05) is 17.8 Å². The number of fused-ring (bicyclic) bond motifs is 1. The number of benzene rings is 2. The highest BCUT2D eigenvalue weighted by atomic mass is 16.3. The second kappa shape index (κ2) is 4.97. The van der Waals surface area contributed by atoms with Gasteiger partial charge in [-0.3, -0.25) is 4.98 Å². The molecule has 1 heterocycles. The molecule has 1 aromatic heterocycles. The Labute approximate surface area is 124 Å². The predicted molar refractivity (Wildman–Crippen MR) is 84.2 cm³/mol. The SMILES string of the molecule is OC(c1cccc(C2CC2)c1)c1cccc2cnccc12. The molecule has 104 valence electrons. The smallest absolute Gasteiger partial charge is 0.105 e. The van der Waals surface area contributed by atoms with Gasteiger partial charge in [0.25, 0.3) is 0 Å². The van der Waals surface area contributed by atoms with Gasteiger partial charge in [-0.05, 0) is 46.9 Å². The van der Waals surface area contributed by atoms with Gasteiger partial charge in [-0.1, -0.05) is 42.5 Å². The van der Waals surface area contributed by atoms with Gasteiger partial charge in [-0.2, -0.15) is 0 Å². The number of aliphatic hydroxyl groups excluding tert-OH is 1. The average Bonchev–Trinajstić information content (AvgIpc) is 3.39. The molecule has 0 bridgehead atoms. The summed E-state index contributed by atoms with van der Waals surface area (Å²) < 4.78 is 0. The van der Waals surface area contributed by atoms with Gasteiger partial charge in [0.1, 0.15) is 6.10 Å². The van der Waals surface area contributed by atoms with Crippen LogP contribution in [0.2, 0.25) is 0 Å². The van der Waals surface area contributed by atoms with E-state index < -0.39 is 6.10 Å². The first-order valence-electron chi connectivity index (χ1n) is 7.43. The van der Waals surface area contributed by atoms with Crippen LogP contribution in [-0.4, -0.2) is 10.1 Å². The number of rotatable bonds is 3. The van der Waals surface area contributed by atoms with Crippen LogP contribution >= 0.6 is 0 Å². The third-order valence-corrected chi connectivity index (χ3v) is 4.28. The van der Waals surface area contributed by atoms with E-state index in [9.17, 15) is 5.11 Å². The molecule has 1 aliphatic rings. The highest BCUT2D eigenvalue weighted by Gasteiger charge is 2.24. The molecule has 0 aliphatic heterocycles. The second-order valence-electron chi connectivity index (χ2n) is 5.79. The van der Waals surface area contributed by atoms with Crippen molar-refractivity contribution in [3.8, 4) is 0 Å². The monoisotopic (exact) mass is 275 g/mol. The number of nitrogens with zero attached hydrogens (tertiary/aromatic N) is 1. The van der Waals surface area contributed by atoms with Crippen LogP contribution in [0.5, 0.6) is 0 Å². The number of pyridine rings is 1. The molecule has 1 atom stereocenters. The summed E-state index contributed by atoms with van der Waals surface area (Å²) in [7, 11) is 0. The number of hydrogen-bond acceptors (Lipinski definition) is 2. The Morgan fingerprint density at radius 1 is 1.05 bits per heavy atom. The summed E-state index contributed by atoms with van der Waals surface area (Å²) in [5.41, 5.74) is 3.28. The normalized spacial score (nSPS) is 16.0. The molecular weight excluding hydrogens is 258 g/mol. The highest BCUT2D eigenvalue weighted by Crippen LogP contribution is 2.41. The van der Waals surface area contributed by atoms with E-state index in [1.165, 1.54) is 18.4 Å². The zero-order valence-corrected chi connectivity index (χ0v) is 11.7. The Morgan fingerprint density at radius 2 is 1.90 bits per heavy atom. The van der Waals surface area contributed by atoms with Crippen molar-refractivity contribution in [1.82, 2.24) is 4.98 Å². The van der Waals surface area contributed by atoms with Crippen LogP contribution < -0.4 is 0 Å². The number of hydrogen-bond donors (Lipinski definition) is 1. The van der Waals surface area contributed by atoms with E-state index in [1.54, 1.807) is 6.20 Å². The van der Waals surface area contributed by atoms with Gasteiger partial charge < -0.3 is 5.11 Å². The predicted octanol–water partition coefficient (Wildman–Crippen LogP) is 4.19. The number of aliphatic hydroxyl groups is 1. The van der Waals surface area contributed by atoms with Crippen LogP contribution in [0.25, 0.3) is 10.8 Å². The fourth-order valence-corrected chi connectivity index (χ4v) is 2.97. The Balaban J connectivity index is 1.79. The summed E-state index contributed by atoms with van der Waals surface area (Å²) in [5.74, 6) is 0.703. The molecule has 0 spiro atoms. The van der Waals surface area contributed by atoms with Crippen molar-refractivity contribution >= 4 is 10.8 Å². The first kappa shape index (κ1) is 12.5. The van der Waals surface area contributed by atoms with Gasteiger partial charge >= 0.3 is 0 Å². The van der Waals surface area contributed by atoms with Crippen LogP contribution in [0.15, 0.2) is 60.9 Å². The maximum Gasteiger partial charge on any atom is 0.105 e. The van der Waals surface area contributed by atoms with E-state index in [4.69, 9.17) is 0 Å². The van der Waals surface area contributed by atoms with Crippen LogP contribution in [0.3, 0.4) is 0 Å². The topological polar surface area (TPSA) is 33.1 Å². The molecule has 2 heteroatoms. The summed E-state index contributed by atoms with van der Waals surface area (Å²) in [6, 6.07) is 16.4. The lowest BCUT2D eigenvalue weighted by Gasteiger charge is -2.15. The third kappa shape index (κ3) is 2.32. The molecule has 1 saturated carbocycles. The van der Waals surface area contributed by atoms with Crippen LogP contribution in [0.1, 0.15) is 41.6 Å². The van der Waals surface area contributed by atoms with E-state index >= 15 is 0 Å². The lowest BCUT2D eigenvalue weighted by Crippen LogP contribution is -2.01. The molecule has 0 amide bonds. The van der Waals surface area contributed by atoms with E-state index in [1.807, 2.05) is 36.5 Å². The summed E-state index contributed by atoms with van der Waals surface area (Å²) in [4.78, 5) is 4.15. The number of aromatic nitrogens is 1. The van der Waals surface area contributed by atoms with Crippen molar-refractivity contribution in [1.29, 1.82) is 0 Å². The van der Waals surface area contributed by atoms with Gasteiger partial charge in [-0.15, -0.1) is 0 Å². The highest BCUT2D eigenvalue weighted by molar-refractivity contribution is 5.85. The fourth-order valence-electron chi connectivity index (χ4n) is 2.97. The van der Waals surface area contributed by atoms with Crippen molar-refractivity contribution in [3.05, 3.63) is 77.6 Å². The van der Waals surface area contributed by atoms with Crippen molar-refractivity contribution in [2.24, 2.45) is 0 Å². The Bertz CT molecular complexity index is 787. The summed E-state index contributed by atoms with van der Waals surface area (Å²) in [6.45, 7) is 0. The molecule has 2 aromatic carbocycles. The van der Waals surface area contributed by atoms with Crippen molar-refractivity contribution in [2.75, 3.05) is 0 Å². The van der Waals surface area contributed by atoms with Crippen LogP contribution in [0.4, 0.5) is 0 Å². The molecule has 2 nitrogen and oxygen atoms in total. The summed E-state index contributed by atoms with van der Waals surface area (Å²) in [6.07, 6.45) is 5.58. The zero-order chi connectivity index (χ0) is 14.2. The maximum absolute atomic E-state index is 10.8. The summed E-state index contributed by atoms with van der Waals surface area (Å²) >= 11 is 0. The molecule has 3 aromatic rings. The molecule has 4 rings (SSSR count). The Hall–Kier alpha value is -2.19. The minimum Gasteiger partial charge on any atom is -0.384 e. The molecule has 1 N–H and O–H groups in total.